The molecule has 2 aromatic heterocycles. The zero-order valence-corrected chi connectivity index (χ0v) is 17.2. The number of pyridine rings is 1. The molecule has 30 heavy (non-hydrogen) atoms. The van der Waals surface area contributed by atoms with Crippen molar-refractivity contribution >= 4 is 27.7 Å². The Balaban J connectivity index is 1.26. The average molecular weight is 399 g/mol. The zero-order chi connectivity index (χ0) is 20.2. The van der Waals surface area contributed by atoms with Crippen LogP contribution in [-0.4, -0.2) is 22.6 Å². The van der Waals surface area contributed by atoms with Crippen LogP contribution in [0, 0.1) is 0 Å². The predicted molar refractivity (Wildman–Crippen MR) is 119 cm³/mol. The van der Waals surface area contributed by atoms with E-state index < -0.39 is 0 Å². The first-order chi connectivity index (χ1) is 14.7. The van der Waals surface area contributed by atoms with E-state index in [9.17, 15) is 4.79 Å². The number of benzene rings is 2. The van der Waals surface area contributed by atoms with Crippen LogP contribution >= 0.6 is 0 Å². The lowest BCUT2D eigenvalue weighted by Crippen LogP contribution is -2.34. The first-order valence-electron chi connectivity index (χ1n) is 10.9. The summed E-state index contributed by atoms with van der Waals surface area (Å²) in [6.07, 6.45) is 4.55. The van der Waals surface area contributed by atoms with Gasteiger partial charge in [-0.25, -0.2) is 4.98 Å². The van der Waals surface area contributed by atoms with E-state index in [1.165, 1.54) is 18.4 Å². The fraction of sp³-hybridized carbons (Fsp3) is 0.360. The molecule has 0 N–H and O–H groups in total. The quantitative estimate of drug-likeness (QED) is 0.490. The van der Waals surface area contributed by atoms with Gasteiger partial charge in [0.1, 0.15) is 5.52 Å². The van der Waals surface area contributed by atoms with Gasteiger partial charge in [0.25, 0.3) is 5.56 Å². The van der Waals surface area contributed by atoms with E-state index in [0.717, 1.165) is 65.4 Å². The minimum absolute atomic E-state index is 0.0382. The summed E-state index contributed by atoms with van der Waals surface area (Å²) in [4.78, 5) is 19.7. The third-order valence-electron chi connectivity index (χ3n) is 6.79. The number of oxazole rings is 1. The third kappa shape index (κ3) is 2.92. The monoisotopic (exact) mass is 399 g/mol. The molecule has 2 aliphatic rings. The lowest BCUT2D eigenvalue weighted by atomic mass is 9.96. The second-order valence-corrected chi connectivity index (χ2v) is 8.76. The smallest absolute Gasteiger partial charge is 0.252 e. The van der Waals surface area contributed by atoms with Crippen molar-refractivity contribution in [1.82, 2.24) is 9.55 Å². The van der Waals surface area contributed by atoms with Gasteiger partial charge in [-0.2, -0.15) is 0 Å². The summed E-state index contributed by atoms with van der Waals surface area (Å²) < 4.78 is 7.85. The fourth-order valence-corrected chi connectivity index (χ4v) is 4.83. The number of piperidine rings is 1. The van der Waals surface area contributed by atoms with Crippen molar-refractivity contribution < 1.29 is 4.42 Å². The number of rotatable bonds is 3. The molecule has 0 radical (unpaired) electrons. The maximum Gasteiger partial charge on any atom is 0.252 e. The molecule has 1 aliphatic carbocycles. The van der Waals surface area contributed by atoms with E-state index in [1.807, 2.05) is 25.2 Å². The van der Waals surface area contributed by atoms with Crippen molar-refractivity contribution in [3.8, 4) is 0 Å². The highest BCUT2D eigenvalue weighted by molar-refractivity contribution is 5.92. The predicted octanol–water partition coefficient (Wildman–Crippen LogP) is 4.94. The second-order valence-electron chi connectivity index (χ2n) is 8.76. The molecule has 152 valence electrons. The Bertz CT molecular complexity index is 1310. The van der Waals surface area contributed by atoms with E-state index in [1.54, 1.807) is 10.6 Å². The highest BCUT2D eigenvalue weighted by atomic mass is 16.3. The Kier molecular flexibility index (Phi) is 3.98. The van der Waals surface area contributed by atoms with Crippen molar-refractivity contribution in [3.63, 3.8) is 0 Å². The van der Waals surface area contributed by atoms with Crippen molar-refractivity contribution in [2.45, 2.75) is 37.5 Å². The van der Waals surface area contributed by atoms with Gasteiger partial charge in [0, 0.05) is 37.5 Å². The topological polar surface area (TPSA) is 51.3 Å². The molecular weight excluding hydrogens is 374 g/mol. The minimum Gasteiger partial charge on any atom is -0.440 e. The lowest BCUT2D eigenvalue weighted by Gasteiger charge is -2.33. The largest absolute Gasteiger partial charge is 0.440 e. The van der Waals surface area contributed by atoms with E-state index in [2.05, 4.69) is 29.2 Å². The number of anilines is 1. The van der Waals surface area contributed by atoms with Gasteiger partial charge in [0.2, 0.25) is 0 Å². The number of nitrogens with zero attached hydrogens (tertiary/aromatic N) is 3. The number of fused-ring (bicyclic) bond motifs is 2. The summed E-state index contributed by atoms with van der Waals surface area (Å²) in [7, 11) is 1.84. The number of hydrogen-bond donors (Lipinski definition) is 0. The summed E-state index contributed by atoms with van der Waals surface area (Å²) in [5, 5.41) is 1.13. The summed E-state index contributed by atoms with van der Waals surface area (Å²) in [6.45, 7) is 1.79. The molecule has 2 aromatic carbocycles. The maximum absolute atomic E-state index is 12.5. The van der Waals surface area contributed by atoms with Gasteiger partial charge in [-0.1, -0.05) is 24.3 Å². The maximum atomic E-state index is 12.5. The molecule has 1 aliphatic heterocycles. The Labute approximate surface area is 174 Å². The zero-order valence-electron chi connectivity index (χ0n) is 17.2. The average Bonchev–Trinajstić information content (AvgIpc) is 3.55. The van der Waals surface area contributed by atoms with E-state index in [0.29, 0.717) is 5.92 Å². The van der Waals surface area contributed by atoms with E-state index >= 15 is 0 Å². The van der Waals surface area contributed by atoms with Gasteiger partial charge in [0.05, 0.1) is 11.2 Å². The molecule has 5 nitrogen and oxygen atoms in total. The van der Waals surface area contributed by atoms with E-state index in [-0.39, 0.29) is 5.56 Å². The van der Waals surface area contributed by atoms with Crippen molar-refractivity contribution in [1.29, 1.82) is 0 Å². The number of para-hydroxylation sites is 1. The van der Waals surface area contributed by atoms with E-state index in [4.69, 9.17) is 9.40 Å². The van der Waals surface area contributed by atoms with Crippen LogP contribution in [0.4, 0.5) is 5.69 Å². The Morgan fingerprint density at radius 3 is 2.57 bits per heavy atom. The Morgan fingerprint density at radius 2 is 1.77 bits per heavy atom. The van der Waals surface area contributed by atoms with Crippen molar-refractivity contribution in [2.75, 3.05) is 18.0 Å². The Morgan fingerprint density at radius 1 is 0.967 bits per heavy atom. The highest BCUT2D eigenvalue weighted by Crippen LogP contribution is 2.41. The van der Waals surface area contributed by atoms with Gasteiger partial charge in [-0.3, -0.25) is 4.79 Å². The molecular formula is C25H25N3O2. The normalized spacial score (nSPS) is 17.8. The number of hydrogen-bond acceptors (Lipinski definition) is 4. The molecule has 1 saturated heterocycles. The van der Waals surface area contributed by atoms with Crippen LogP contribution in [-0.2, 0) is 7.05 Å². The van der Waals surface area contributed by atoms with Gasteiger partial charge >= 0.3 is 0 Å². The summed E-state index contributed by atoms with van der Waals surface area (Å²) in [5.41, 5.74) is 5.35. The van der Waals surface area contributed by atoms with Gasteiger partial charge in [0.15, 0.2) is 11.5 Å². The lowest BCUT2D eigenvalue weighted by molar-refractivity contribution is 0.407. The SMILES string of the molecule is Cn1c(=O)cc(N2CCC(c3nc4cc(C5CC5)ccc4o3)CC2)c2ccccc21. The molecule has 6 rings (SSSR count). The Hall–Kier alpha value is -3.08. The molecule has 0 atom stereocenters. The van der Waals surface area contributed by atoms with Gasteiger partial charge in [-0.15, -0.1) is 0 Å². The van der Waals surface area contributed by atoms with Crippen LogP contribution < -0.4 is 10.5 Å². The van der Waals surface area contributed by atoms with Crippen LogP contribution in [0.5, 0.6) is 0 Å². The number of aryl methyl sites for hydroxylation is 1. The second kappa shape index (κ2) is 6.73. The minimum atomic E-state index is 0.0382. The molecule has 0 unspecified atom stereocenters. The van der Waals surface area contributed by atoms with Crippen LogP contribution in [0.25, 0.3) is 22.0 Å². The number of aromatic nitrogens is 2. The fourth-order valence-electron chi connectivity index (χ4n) is 4.83. The molecule has 0 spiro atoms. The molecule has 3 heterocycles. The summed E-state index contributed by atoms with van der Waals surface area (Å²) >= 11 is 0. The van der Waals surface area contributed by atoms with Crippen LogP contribution in [0.3, 0.4) is 0 Å². The molecule has 1 saturated carbocycles. The van der Waals surface area contributed by atoms with Crippen LogP contribution in [0.2, 0.25) is 0 Å². The molecule has 2 fully saturated rings. The summed E-state index contributed by atoms with van der Waals surface area (Å²) in [5.74, 6) is 1.92. The molecule has 0 bridgehead atoms. The summed E-state index contributed by atoms with van der Waals surface area (Å²) in [6, 6.07) is 16.4. The van der Waals surface area contributed by atoms with Crippen molar-refractivity contribution in [2.24, 2.45) is 7.05 Å². The highest BCUT2D eigenvalue weighted by Gasteiger charge is 2.27. The molecule has 0 amide bonds. The molecule has 5 heteroatoms. The standard InChI is InChI=1S/C25H25N3O2/c1-27-21-5-3-2-4-19(21)22(15-24(27)29)28-12-10-17(11-13-28)25-26-20-14-18(16-6-7-16)8-9-23(20)30-25/h2-5,8-9,14-17H,6-7,10-13H2,1H3. The van der Waals surface area contributed by atoms with Gasteiger partial charge < -0.3 is 13.9 Å². The van der Waals surface area contributed by atoms with Crippen LogP contribution in [0.1, 0.15) is 49.0 Å². The van der Waals surface area contributed by atoms with Crippen LogP contribution in [0.15, 0.2) is 57.7 Å². The van der Waals surface area contributed by atoms with Gasteiger partial charge in [-0.05, 0) is 55.4 Å². The third-order valence-corrected chi connectivity index (χ3v) is 6.79. The first kappa shape index (κ1) is 17.8. The molecule has 4 aromatic rings. The first-order valence-corrected chi connectivity index (χ1v) is 10.9. The van der Waals surface area contributed by atoms with Crippen molar-refractivity contribution in [3.05, 3.63) is 70.3 Å².